The van der Waals surface area contributed by atoms with Gasteiger partial charge in [0.1, 0.15) is 0 Å². The third kappa shape index (κ3) is 4.24. The Labute approximate surface area is 157 Å². The maximum absolute atomic E-state index is 5.25. The number of hydrogen-bond acceptors (Lipinski definition) is 1. The van der Waals surface area contributed by atoms with Gasteiger partial charge < -0.3 is 4.90 Å². The van der Waals surface area contributed by atoms with Crippen LogP contribution in [0, 0.1) is 0 Å². The lowest BCUT2D eigenvalue weighted by molar-refractivity contribution is 0.442. The Hall–Kier alpha value is -1.80. The number of hydrogen-bond donors (Lipinski definition) is 0. The van der Waals surface area contributed by atoms with E-state index in [0.29, 0.717) is 12.0 Å². The molecule has 2 atom stereocenters. The Balaban J connectivity index is 0.00000182. The normalized spacial score (nSPS) is 24.5. The summed E-state index contributed by atoms with van der Waals surface area (Å²) in [5.74, 6) is 1.95. The van der Waals surface area contributed by atoms with Crippen molar-refractivity contribution in [2.24, 2.45) is 4.99 Å². The van der Waals surface area contributed by atoms with E-state index in [2.05, 4.69) is 65.6 Å². The first-order valence-electron chi connectivity index (χ1n) is 9.30. The molecule has 2 aromatic rings. The number of benzene rings is 2. The largest absolute Gasteiger partial charge is 0.356 e. The van der Waals surface area contributed by atoms with E-state index in [0.717, 1.165) is 19.5 Å². The summed E-state index contributed by atoms with van der Waals surface area (Å²) >= 11 is 0. The summed E-state index contributed by atoms with van der Waals surface area (Å²) in [5, 5.41) is 0. The second-order valence-electron chi connectivity index (χ2n) is 7.07. The van der Waals surface area contributed by atoms with Crippen molar-refractivity contribution in [2.45, 2.75) is 50.6 Å². The predicted molar refractivity (Wildman–Crippen MR) is 108 cm³/mol. The van der Waals surface area contributed by atoms with Crippen LogP contribution in [0.1, 0.15) is 49.1 Å². The zero-order valence-electron chi connectivity index (χ0n) is 14.7. The van der Waals surface area contributed by atoms with Crippen LogP contribution in [-0.2, 0) is 6.54 Å². The monoisotopic (exact) mass is 354 g/mol. The van der Waals surface area contributed by atoms with Crippen molar-refractivity contribution in [3.63, 3.8) is 0 Å². The van der Waals surface area contributed by atoms with Crippen molar-refractivity contribution >= 4 is 18.2 Å². The van der Waals surface area contributed by atoms with E-state index in [4.69, 9.17) is 4.99 Å². The van der Waals surface area contributed by atoms with E-state index in [1.807, 2.05) is 0 Å². The fraction of sp³-hybridized carbons (Fsp3) is 0.409. The molecule has 0 bridgehead atoms. The van der Waals surface area contributed by atoms with E-state index in [1.165, 1.54) is 42.6 Å². The first kappa shape index (κ1) is 18.0. The minimum Gasteiger partial charge on any atom is -0.356 e. The first-order chi connectivity index (χ1) is 11.9. The van der Waals surface area contributed by atoms with Gasteiger partial charge in [-0.05, 0) is 30.4 Å². The van der Waals surface area contributed by atoms with Crippen LogP contribution in [-0.4, -0.2) is 23.3 Å². The Kier molecular flexibility index (Phi) is 6.14. The summed E-state index contributed by atoms with van der Waals surface area (Å²) in [7, 11) is 0. The molecule has 3 heteroatoms. The standard InChI is InChI=1S/C22H26N2.ClH/c1-3-9-18(10-4-1)17-24-16-8-15-22(24)23-21-14-7-13-20(21)19-11-5-2-6-12-19;/h1-6,9-12,20-21H,7-8,13-17H2;1H/t20-,21-;/m1./s1. The lowest BCUT2D eigenvalue weighted by Gasteiger charge is -2.23. The summed E-state index contributed by atoms with van der Waals surface area (Å²) in [4.78, 5) is 7.75. The molecule has 0 unspecified atom stereocenters. The molecule has 2 aromatic carbocycles. The number of halogens is 1. The molecule has 4 rings (SSSR count). The van der Waals surface area contributed by atoms with Gasteiger partial charge in [0, 0.05) is 25.4 Å². The molecule has 2 aliphatic rings. The predicted octanol–water partition coefficient (Wildman–Crippen LogP) is 5.44. The molecule has 25 heavy (non-hydrogen) atoms. The number of likely N-dealkylation sites (tertiary alicyclic amines) is 1. The summed E-state index contributed by atoms with van der Waals surface area (Å²) in [5.41, 5.74) is 2.86. The zero-order valence-corrected chi connectivity index (χ0v) is 15.5. The molecule has 1 heterocycles. The fourth-order valence-electron chi connectivity index (χ4n) is 4.21. The Morgan fingerprint density at radius 2 is 1.60 bits per heavy atom. The molecular weight excluding hydrogens is 328 g/mol. The molecular formula is C22H27ClN2. The molecule has 2 fully saturated rings. The Morgan fingerprint density at radius 1 is 0.880 bits per heavy atom. The highest BCUT2D eigenvalue weighted by Gasteiger charge is 2.30. The zero-order chi connectivity index (χ0) is 16.2. The molecule has 0 radical (unpaired) electrons. The smallest absolute Gasteiger partial charge is 0.0996 e. The van der Waals surface area contributed by atoms with Crippen LogP contribution in [0.4, 0.5) is 0 Å². The minimum atomic E-state index is 0. The molecule has 0 N–H and O–H groups in total. The number of rotatable bonds is 4. The van der Waals surface area contributed by atoms with Crippen LogP contribution < -0.4 is 0 Å². The van der Waals surface area contributed by atoms with Crippen molar-refractivity contribution < 1.29 is 0 Å². The molecule has 1 saturated carbocycles. The lowest BCUT2D eigenvalue weighted by Crippen LogP contribution is -2.26. The average Bonchev–Trinajstić information content (AvgIpc) is 3.27. The lowest BCUT2D eigenvalue weighted by atomic mass is 9.94. The highest BCUT2D eigenvalue weighted by atomic mass is 35.5. The summed E-state index contributed by atoms with van der Waals surface area (Å²) < 4.78 is 0. The Morgan fingerprint density at radius 3 is 2.36 bits per heavy atom. The van der Waals surface area contributed by atoms with Crippen molar-refractivity contribution in [2.75, 3.05) is 6.54 Å². The van der Waals surface area contributed by atoms with Crippen LogP contribution in [0.15, 0.2) is 65.7 Å². The molecule has 0 aromatic heterocycles. The van der Waals surface area contributed by atoms with Crippen LogP contribution >= 0.6 is 12.4 Å². The summed E-state index contributed by atoms with van der Waals surface area (Å²) in [6.07, 6.45) is 6.21. The van der Waals surface area contributed by atoms with E-state index in [1.54, 1.807) is 0 Å². The molecule has 132 valence electrons. The SMILES string of the molecule is Cl.c1ccc(CN2CCCC2=N[C@@H]2CCC[C@@H]2c2ccccc2)cc1. The van der Waals surface area contributed by atoms with E-state index < -0.39 is 0 Å². The highest BCUT2D eigenvalue weighted by Crippen LogP contribution is 2.37. The van der Waals surface area contributed by atoms with E-state index >= 15 is 0 Å². The van der Waals surface area contributed by atoms with Gasteiger partial charge >= 0.3 is 0 Å². The average molecular weight is 355 g/mol. The van der Waals surface area contributed by atoms with Gasteiger partial charge in [-0.15, -0.1) is 12.4 Å². The number of amidine groups is 1. The third-order valence-corrected chi connectivity index (χ3v) is 5.43. The van der Waals surface area contributed by atoms with Crippen molar-refractivity contribution in [1.82, 2.24) is 4.90 Å². The minimum absolute atomic E-state index is 0. The van der Waals surface area contributed by atoms with Gasteiger partial charge in [0.15, 0.2) is 0 Å². The quantitative estimate of drug-likeness (QED) is 0.713. The Bertz CT molecular complexity index is 684. The number of aliphatic imine (C=N–C) groups is 1. The second-order valence-corrected chi connectivity index (χ2v) is 7.07. The van der Waals surface area contributed by atoms with Gasteiger partial charge in [-0.3, -0.25) is 4.99 Å². The van der Waals surface area contributed by atoms with Crippen molar-refractivity contribution in [3.05, 3.63) is 71.8 Å². The maximum atomic E-state index is 5.25. The van der Waals surface area contributed by atoms with Crippen LogP contribution in [0.25, 0.3) is 0 Å². The van der Waals surface area contributed by atoms with Crippen molar-refractivity contribution in [1.29, 1.82) is 0 Å². The summed E-state index contributed by atoms with van der Waals surface area (Å²) in [6, 6.07) is 22.2. The van der Waals surface area contributed by atoms with Gasteiger partial charge in [-0.25, -0.2) is 0 Å². The van der Waals surface area contributed by atoms with Gasteiger partial charge in [0.2, 0.25) is 0 Å². The molecule has 1 saturated heterocycles. The van der Waals surface area contributed by atoms with Crippen LogP contribution in [0.2, 0.25) is 0 Å². The van der Waals surface area contributed by atoms with Gasteiger partial charge in [-0.2, -0.15) is 0 Å². The molecule has 1 aliphatic heterocycles. The van der Waals surface area contributed by atoms with Gasteiger partial charge in [-0.1, -0.05) is 67.1 Å². The maximum Gasteiger partial charge on any atom is 0.0996 e. The first-order valence-corrected chi connectivity index (χ1v) is 9.30. The fourth-order valence-corrected chi connectivity index (χ4v) is 4.21. The van der Waals surface area contributed by atoms with E-state index in [9.17, 15) is 0 Å². The van der Waals surface area contributed by atoms with Gasteiger partial charge in [0.25, 0.3) is 0 Å². The second kappa shape index (κ2) is 8.53. The molecule has 2 nitrogen and oxygen atoms in total. The van der Waals surface area contributed by atoms with Crippen molar-refractivity contribution in [3.8, 4) is 0 Å². The van der Waals surface area contributed by atoms with Crippen LogP contribution in [0.3, 0.4) is 0 Å². The van der Waals surface area contributed by atoms with Gasteiger partial charge in [0.05, 0.1) is 11.9 Å². The molecule has 0 amide bonds. The molecule has 0 spiro atoms. The van der Waals surface area contributed by atoms with Crippen LogP contribution in [0.5, 0.6) is 0 Å². The molecule has 1 aliphatic carbocycles. The number of nitrogens with zero attached hydrogens (tertiary/aromatic N) is 2. The topological polar surface area (TPSA) is 15.6 Å². The van der Waals surface area contributed by atoms with E-state index in [-0.39, 0.29) is 12.4 Å². The highest BCUT2D eigenvalue weighted by molar-refractivity contribution is 5.85. The summed E-state index contributed by atoms with van der Waals surface area (Å²) in [6.45, 7) is 2.15. The third-order valence-electron chi connectivity index (χ3n) is 5.43.